The van der Waals surface area contributed by atoms with E-state index < -0.39 is 0 Å². The van der Waals surface area contributed by atoms with Gasteiger partial charge in [0.1, 0.15) is 0 Å². The lowest BCUT2D eigenvalue weighted by atomic mass is 9.71. The number of hydrogen-bond donors (Lipinski definition) is 1. The van der Waals surface area contributed by atoms with Gasteiger partial charge in [0, 0.05) is 0 Å². The van der Waals surface area contributed by atoms with Gasteiger partial charge < -0.3 is 5.32 Å². The monoisotopic (exact) mass is 332 g/mol. The molecule has 0 atom stereocenters. The van der Waals surface area contributed by atoms with E-state index in [9.17, 15) is 4.79 Å². The predicted octanol–water partition coefficient (Wildman–Crippen LogP) is 3.01. The number of benzene rings is 2. The first-order valence-corrected chi connectivity index (χ1v) is 8.58. The third-order valence-corrected chi connectivity index (χ3v) is 4.78. The van der Waals surface area contributed by atoms with E-state index in [1.807, 2.05) is 48.5 Å². The lowest BCUT2D eigenvalue weighted by Crippen LogP contribution is -2.51. The first-order chi connectivity index (χ1) is 12.3. The average molecular weight is 332 g/mol. The third kappa shape index (κ3) is 3.18. The number of carbonyl (C=O) groups is 1. The van der Waals surface area contributed by atoms with Crippen LogP contribution in [0.4, 0.5) is 0 Å². The highest BCUT2D eigenvalue weighted by Gasteiger charge is 2.39. The molecule has 1 aliphatic carbocycles. The second-order valence-corrected chi connectivity index (χ2v) is 6.49. The van der Waals surface area contributed by atoms with Gasteiger partial charge >= 0.3 is 0 Å². The number of amides is 1. The van der Waals surface area contributed by atoms with Gasteiger partial charge in [0.05, 0.1) is 29.5 Å². The molecule has 126 valence electrons. The number of nitrogens with zero attached hydrogens (tertiary/aromatic N) is 3. The van der Waals surface area contributed by atoms with Crippen molar-refractivity contribution in [3.8, 4) is 5.69 Å². The van der Waals surface area contributed by atoms with Crippen LogP contribution >= 0.6 is 0 Å². The number of rotatable bonds is 5. The molecular weight excluding hydrogens is 312 g/mol. The second-order valence-electron chi connectivity index (χ2n) is 6.49. The van der Waals surface area contributed by atoms with E-state index in [0.717, 1.165) is 24.9 Å². The lowest BCUT2D eigenvalue weighted by Gasteiger charge is -2.43. The zero-order chi connectivity index (χ0) is 17.1. The SMILES string of the molecule is O=C(Cc1cnn(-c2ccccc2)n1)NC1(c2ccccc2)CCC1. The largest absolute Gasteiger partial charge is 0.346 e. The molecule has 0 unspecified atom stereocenters. The summed E-state index contributed by atoms with van der Waals surface area (Å²) in [6.07, 6.45) is 5.00. The zero-order valence-corrected chi connectivity index (χ0v) is 13.9. The molecule has 1 aliphatic rings. The Bertz CT molecular complexity index is 854. The first kappa shape index (κ1) is 15.6. The molecule has 1 N–H and O–H groups in total. The van der Waals surface area contributed by atoms with Crippen molar-refractivity contribution < 1.29 is 4.79 Å². The Balaban J connectivity index is 1.45. The van der Waals surface area contributed by atoms with Crippen LogP contribution < -0.4 is 5.32 Å². The lowest BCUT2D eigenvalue weighted by molar-refractivity contribution is -0.123. The molecule has 3 aromatic rings. The number of hydrogen-bond acceptors (Lipinski definition) is 3. The summed E-state index contributed by atoms with van der Waals surface area (Å²) in [6, 6.07) is 19.9. The van der Waals surface area contributed by atoms with Crippen LogP contribution in [0.3, 0.4) is 0 Å². The molecular formula is C20H20N4O. The minimum absolute atomic E-state index is 0.0105. The number of aromatic nitrogens is 3. The summed E-state index contributed by atoms with van der Waals surface area (Å²) < 4.78 is 0. The molecule has 4 rings (SSSR count). The fourth-order valence-electron chi connectivity index (χ4n) is 3.31. The van der Waals surface area contributed by atoms with Gasteiger partial charge in [0.25, 0.3) is 0 Å². The molecule has 0 spiro atoms. The van der Waals surface area contributed by atoms with Gasteiger partial charge in [-0.05, 0) is 37.0 Å². The predicted molar refractivity (Wildman–Crippen MR) is 95.2 cm³/mol. The van der Waals surface area contributed by atoms with Gasteiger partial charge in [-0.3, -0.25) is 4.79 Å². The summed E-state index contributed by atoms with van der Waals surface area (Å²) in [7, 11) is 0. The van der Waals surface area contributed by atoms with Gasteiger partial charge in [-0.15, -0.1) is 0 Å². The minimum atomic E-state index is -0.215. The number of para-hydroxylation sites is 1. The molecule has 2 aromatic carbocycles. The van der Waals surface area contributed by atoms with Crippen molar-refractivity contribution in [3.05, 3.63) is 78.1 Å². The summed E-state index contributed by atoms with van der Waals surface area (Å²) in [6.45, 7) is 0. The third-order valence-electron chi connectivity index (χ3n) is 4.78. The summed E-state index contributed by atoms with van der Waals surface area (Å²) in [5, 5.41) is 11.9. The van der Waals surface area contributed by atoms with Crippen LogP contribution in [-0.4, -0.2) is 20.9 Å². The average Bonchev–Trinajstić information content (AvgIpc) is 3.08. The Hall–Kier alpha value is -2.95. The highest BCUT2D eigenvalue weighted by atomic mass is 16.1. The Morgan fingerprint density at radius 1 is 1.04 bits per heavy atom. The van der Waals surface area contributed by atoms with Gasteiger partial charge in [0.2, 0.25) is 5.91 Å². The topological polar surface area (TPSA) is 59.8 Å². The molecule has 1 fully saturated rings. The van der Waals surface area contributed by atoms with Crippen molar-refractivity contribution in [1.29, 1.82) is 0 Å². The smallest absolute Gasteiger partial charge is 0.226 e. The molecule has 5 nitrogen and oxygen atoms in total. The molecule has 1 heterocycles. The van der Waals surface area contributed by atoms with Gasteiger partial charge in [-0.25, -0.2) is 0 Å². The maximum absolute atomic E-state index is 12.6. The number of nitrogens with one attached hydrogen (secondary N) is 1. The molecule has 0 saturated heterocycles. The van der Waals surface area contributed by atoms with Crippen LogP contribution in [0.25, 0.3) is 5.69 Å². The molecule has 25 heavy (non-hydrogen) atoms. The summed E-state index contributed by atoms with van der Waals surface area (Å²) in [4.78, 5) is 14.1. The van der Waals surface area contributed by atoms with Crippen molar-refractivity contribution in [2.45, 2.75) is 31.2 Å². The van der Waals surface area contributed by atoms with Crippen LogP contribution in [0.15, 0.2) is 66.9 Å². The molecule has 1 aromatic heterocycles. The highest BCUT2D eigenvalue weighted by Crippen LogP contribution is 2.41. The van der Waals surface area contributed by atoms with E-state index >= 15 is 0 Å². The number of carbonyl (C=O) groups excluding carboxylic acids is 1. The summed E-state index contributed by atoms with van der Waals surface area (Å²) >= 11 is 0. The van der Waals surface area contributed by atoms with E-state index in [1.54, 1.807) is 11.0 Å². The van der Waals surface area contributed by atoms with E-state index in [-0.39, 0.29) is 17.9 Å². The van der Waals surface area contributed by atoms with Crippen LogP contribution in [0.2, 0.25) is 0 Å². The summed E-state index contributed by atoms with van der Waals surface area (Å²) in [5.74, 6) is -0.0105. The van der Waals surface area contributed by atoms with E-state index in [2.05, 4.69) is 27.6 Å². The highest BCUT2D eigenvalue weighted by molar-refractivity contribution is 5.79. The van der Waals surface area contributed by atoms with Crippen molar-refractivity contribution in [2.24, 2.45) is 0 Å². The zero-order valence-electron chi connectivity index (χ0n) is 13.9. The fourth-order valence-corrected chi connectivity index (χ4v) is 3.31. The second kappa shape index (κ2) is 6.51. The van der Waals surface area contributed by atoms with Crippen molar-refractivity contribution in [3.63, 3.8) is 0 Å². The van der Waals surface area contributed by atoms with Gasteiger partial charge in [-0.1, -0.05) is 48.5 Å². The van der Waals surface area contributed by atoms with Crippen molar-refractivity contribution in [2.75, 3.05) is 0 Å². The molecule has 0 aliphatic heterocycles. The quantitative estimate of drug-likeness (QED) is 0.781. The molecule has 5 heteroatoms. The Morgan fingerprint density at radius 3 is 2.36 bits per heavy atom. The standard InChI is InChI=1S/C20H20N4O/c25-19(22-20(12-7-13-20)16-8-3-1-4-9-16)14-17-15-21-24(23-17)18-10-5-2-6-11-18/h1-6,8-11,15H,7,12-14H2,(H,22,25). The maximum Gasteiger partial charge on any atom is 0.226 e. The maximum atomic E-state index is 12.6. The Kier molecular flexibility index (Phi) is 4.06. The van der Waals surface area contributed by atoms with Crippen LogP contribution in [0.1, 0.15) is 30.5 Å². The fraction of sp³-hybridized carbons (Fsp3) is 0.250. The Labute approximate surface area is 146 Å². The van der Waals surface area contributed by atoms with E-state index in [0.29, 0.717) is 5.69 Å². The van der Waals surface area contributed by atoms with Crippen molar-refractivity contribution >= 4 is 5.91 Å². The minimum Gasteiger partial charge on any atom is -0.346 e. The van der Waals surface area contributed by atoms with Gasteiger partial charge in [-0.2, -0.15) is 15.0 Å². The molecule has 0 radical (unpaired) electrons. The molecule has 1 amide bonds. The van der Waals surface area contributed by atoms with Crippen LogP contribution in [-0.2, 0) is 16.8 Å². The van der Waals surface area contributed by atoms with Crippen LogP contribution in [0.5, 0.6) is 0 Å². The summed E-state index contributed by atoms with van der Waals surface area (Å²) in [5.41, 5.74) is 2.52. The van der Waals surface area contributed by atoms with E-state index in [1.165, 1.54) is 5.56 Å². The molecule has 1 saturated carbocycles. The normalized spacial score (nSPS) is 15.4. The van der Waals surface area contributed by atoms with Crippen LogP contribution in [0, 0.1) is 0 Å². The first-order valence-electron chi connectivity index (χ1n) is 8.58. The molecule has 0 bridgehead atoms. The Morgan fingerprint density at radius 2 is 1.72 bits per heavy atom. The van der Waals surface area contributed by atoms with Crippen molar-refractivity contribution in [1.82, 2.24) is 20.3 Å². The van der Waals surface area contributed by atoms with Gasteiger partial charge in [0.15, 0.2) is 0 Å². The van der Waals surface area contributed by atoms with E-state index in [4.69, 9.17) is 0 Å².